The average molecular weight is 226 g/mol. The van der Waals surface area contributed by atoms with Crippen LogP contribution in [0.2, 0.25) is 0 Å². The van der Waals surface area contributed by atoms with Crippen molar-refractivity contribution in [3.8, 4) is 17.3 Å². The molecule has 0 radical (unpaired) electrons. The molecule has 17 heavy (non-hydrogen) atoms. The molecule has 0 aromatic heterocycles. The number of rotatable bonds is 1. The number of aromatic nitrogens is 1. The Morgan fingerprint density at radius 1 is 1.35 bits per heavy atom. The zero-order valence-corrected chi connectivity index (χ0v) is 10.2. The molecule has 0 amide bonds. The molecule has 0 fully saturated rings. The first-order chi connectivity index (χ1) is 8.06. The second kappa shape index (κ2) is 4.06. The minimum absolute atomic E-state index is 0.219. The normalized spacial score (nSPS) is 10.8. The van der Waals surface area contributed by atoms with Gasteiger partial charge in [-0.1, -0.05) is 26.0 Å². The Morgan fingerprint density at radius 2 is 2.06 bits per heavy atom. The van der Waals surface area contributed by atoms with E-state index in [0.29, 0.717) is 5.92 Å². The van der Waals surface area contributed by atoms with Crippen LogP contribution in [0, 0.1) is 11.3 Å². The zero-order valence-electron chi connectivity index (χ0n) is 10.2. The van der Waals surface area contributed by atoms with Gasteiger partial charge in [-0.2, -0.15) is 5.26 Å². The summed E-state index contributed by atoms with van der Waals surface area (Å²) in [6, 6.07) is 9.78. The number of hydrogen-bond acceptors (Lipinski definition) is 2. The zero-order chi connectivity index (χ0) is 12.6. The van der Waals surface area contributed by atoms with Crippen molar-refractivity contribution in [1.29, 1.82) is 5.26 Å². The highest BCUT2D eigenvalue weighted by Crippen LogP contribution is 2.26. The monoisotopic (exact) mass is 226 g/mol. The number of fused-ring (bicyclic) bond motifs is 1. The predicted octanol–water partition coefficient (Wildman–Crippen LogP) is 2.49. The minimum atomic E-state index is -0.219. The van der Waals surface area contributed by atoms with Gasteiger partial charge in [0.15, 0.2) is 0 Å². The molecular formula is C14H14N2O. The average Bonchev–Trinajstić information content (AvgIpc) is 2.48. The number of nitriles is 1. The van der Waals surface area contributed by atoms with Crippen molar-refractivity contribution < 1.29 is 0 Å². The fourth-order valence-electron chi connectivity index (χ4n) is 1.98. The van der Waals surface area contributed by atoms with Gasteiger partial charge in [-0.05, 0) is 23.6 Å². The van der Waals surface area contributed by atoms with E-state index < -0.39 is 0 Å². The highest BCUT2D eigenvalue weighted by atomic mass is 16.1. The Bertz CT molecular complexity index is 632. The lowest BCUT2D eigenvalue weighted by Crippen LogP contribution is -2.12. The highest BCUT2D eigenvalue weighted by molar-refractivity contribution is 5.70. The standard InChI is InChI=1S/C14H14N2O/c1-9(2)10-5-4-6-13-11(7-10)12(8-15)14(17)16(13)3/h4-7,9H,1-3H3. The van der Waals surface area contributed by atoms with Crippen molar-refractivity contribution >= 4 is 0 Å². The molecule has 0 aromatic rings. The van der Waals surface area contributed by atoms with Gasteiger partial charge in [-0.15, -0.1) is 0 Å². The molecule has 0 N–H and O–H groups in total. The van der Waals surface area contributed by atoms with Crippen LogP contribution in [0.3, 0.4) is 0 Å². The smallest absolute Gasteiger partial charge is 0.269 e. The molecule has 2 aliphatic rings. The molecule has 1 aliphatic heterocycles. The maximum Gasteiger partial charge on any atom is 0.269 e. The molecular weight excluding hydrogens is 212 g/mol. The van der Waals surface area contributed by atoms with Gasteiger partial charge in [0.1, 0.15) is 11.6 Å². The lowest BCUT2D eigenvalue weighted by atomic mass is 10.0. The molecule has 3 heteroatoms. The van der Waals surface area contributed by atoms with Gasteiger partial charge in [0.25, 0.3) is 5.56 Å². The van der Waals surface area contributed by atoms with Gasteiger partial charge in [0.05, 0.1) is 5.69 Å². The topological polar surface area (TPSA) is 45.8 Å². The van der Waals surface area contributed by atoms with Crippen molar-refractivity contribution in [3.05, 3.63) is 45.7 Å². The molecule has 0 saturated heterocycles. The molecule has 0 bridgehead atoms. The molecule has 0 atom stereocenters. The third kappa shape index (κ3) is 1.72. The summed E-state index contributed by atoms with van der Waals surface area (Å²) in [5.41, 5.74) is 2.69. The van der Waals surface area contributed by atoms with Gasteiger partial charge in [-0.25, -0.2) is 0 Å². The van der Waals surface area contributed by atoms with Crippen LogP contribution in [0.15, 0.2) is 29.1 Å². The van der Waals surface area contributed by atoms with Gasteiger partial charge in [-0.3, -0.25) is 4.79 Å². The van der Waals surface area contributed by atoms with Crippen LogP contribution in [0.1, 0.15) is 30.9 Å². The van der Waals surface area contributed by atoms with Crippen LogP contribution in [0.4, 0.5) is 0 Å². The summed E-state index contributed by atoms with van der Waals surface area (Å²) in [5, 5.41) is 9.08. The van der Waals surface area contributed by atoms with E-state index in [1.165, 1.54) is 4.57 Å². The van der Waals surface area contributed by atoms with E-state index in [-0.39, 0.29) is 11.1 Å². The largest absolute Gasteiger partial charge is 0.310 e. The van der Waals surface area contributed by atoms with E-state index in [0.717, 1.165) is 16.8 Å². The maximum absolute atomic E-state index is 11.8. The van der Waals surface area contributed by atoms with Crippen molar-refractivity contribution in [1.82, 2.24) is 4.57 Å². The summed E-state index contributed by atoms with van der Waals surface area (Å²) >= 11 is 0. The van der Waals surface area contributed by atoms with Gasteiger partial charge in [0.2, 0.25) is 0 Å². The molecule has 86 valence electrons. The Labute approximate surface area is 100 Å². The molecule has 0 saturated carbocycles. The van der Waals surface area contributed by atoms with Gasteiger partial charge < -0.3 is 4.57 Å². The molecule has 1 aliphatic carbocycles. The van der Waals surface area contributed by atoms with E-state index in [2.05, 4.69) is 13.8 Å². The van der Waals surface area contributed by atoms with E-state index in [4.69, 9.17) is 5.26 Å². The lowest BCUT2D eigenvalue weighted by molar-refractivity contribution is 0.868. The Hall–Kier alpha value is -2.08. The van der Waals surface area contributed by atoms with Crippen molar-refractivity contribution in [2.45, 2.75) is 19.8 Å². The fourth-order valence-corrected chi connectivity index (χ4v) is 1.98. The van der Waals surface area contributed by atoms with Gasteiger partial charge in [0, 0.05) is 12.6 Å². The van der Waals surface area contributed by atoms with Crippen molar-refractivity contribution in [2.75, 3.05) is 0 Å². The number of nitrogens with zero attached hydrogens (tertiary/aromatic N) is 2. The molecule has 0 spiro atoms. The van der Waals surface area contributed by atoms with Crippen molar-refractivity contribution in [2.24, 2.45) is 7.05 Å². The first kappa shape index (κ1) is 11.4. The second-order valence-electron chi connectivity index (χ2n) is 4.47. The Kier molecular flexibility index (Phi) is 2.72. The summed E-state index contributed by atoms with van der Waals surface area (Å²) in [6.45, 7) is 4.18. The van der Waals surface area contributed by atoms with Gasteiger partial charge >= 0.3 is 0 Å². The van der Waals surface area contributed by atoms with Crippen LogP contribution in [-0.2, 0) is 7.05 Å². The lowest BCUT2D eigenvalue weighted by Gasteiger charge is -2.02. The quantitative estimate of drug-likeness (QED) is 0.750. The predicted molar refractivity (Wildman–Crippen MR) is 67.1 cm³/mol. The minimum Gasteiger partial charge on any atom is -0.310 e. The SMILES string of the molecule is CC(C)c1cccc2n(C)c(=O)c(C#N)c-2c1. The van der Waals surface area contributed by atoms with Crippen LogP contribution in [0.25, 0.3) is 11.3 Å². The Balaban J connectivity index is 2.86. The second-order valence-corrected chi connectivity index (χ2v) is 4.47. The van der Waals surface area contributed by atoms with Crippen molar-refractivity contribution in [3.63, 3.8) is 0 Å². The first-order valence-corrected chi connectivity index (χ1v) is 5.59. The highest BCUT2D eigenvalue weighted by Gasteiger charge is 2.17. The Morgan fingerprint density at radius 3 is 2.65 bits per heavy atom. The molecule has 0 unspecified atom stereocenters. The summed E-state index contributed by atoms with van der Waals surface area (Å²) in [7, 11) is 1.69. The van der Waals surface area contributed by atoms with E-state index in [9.17, 15) is 4.79 Å². The summed E-state index contributed by atoms with van der Waals surface area (Å²) in [5.74, 6) is 0.368. The van der Waals surface area contributed by atoms with E-state index in [1.54, 1.807) is 7.05 Å². The van der Waals surface area contributed by atoms with E-state index >= 15 is 0 Å². The first-order valence-electron chi connectivity index (χ1n) is 5.59. The van der Waals surface area contributed by atoms with E-state index in [1.807, 2.05) is 30.3 Å². The summed E-state index contributed by atoms with van der Waals surface area (Å²) in [4.78, 5) is 11.8. The molecule has 2 rings (SSSR count). The molecule has 1 heterocycles. The van der Waals surface area contributed by atoms with Crippen LogP contribution in [-0.4, -0.2) is 4.57 Å². The van der Waals surface area contributed by atoms with Crippen LogP contribution >= 0.6 is 0 Å². The summed E-state index contributed by atoms with van der Waals surface area (Å²) < 4.78 is 1.53. The molecule has 0 aromatic carbocycles. The van der Waals surface area contributed by atoms with Crippen LogP contribution < -0.4 is 5.56 Å². The molecule has 3 nitrogen and oxygen atoms in total. The van der Waals surface area contributed by atoms with Crippen LogP contribution in [0.5, 0.6) is 0 Å². The maximum atomic E-state index is 11.8. The number of hydrogen-bond donors (Lipinski definition) is 0. The summed E-state index contributed by atoms with van der Waals surface area (Å²) in [6.07, 6.45) is 0. The third-order valence-corrected chi connectivity index (χ3v) is 3.06. The third-order valence-electron chi connectivity index (χ3n) is 3.06. The fraction of sp³-hybridized carbons (Fsp3) is 0.286.